The van der Waals surface area contributed by atoms with Gasteiger partial charge >= 0.3 is 0 Å². The summed E-state index contributed by atoms with van der Waals surface area (Å²) in [5.41, 5.74) is 1.15. The average Bonchev–Trinajstić information content (AvgIpc) is 2.89. The molecule has 15 heavy (non-hydrogen) atoms. The van der Waals surface area contributed by atoms with Crippen LogP contribution < -0.4 is 5.32 Å². The van der Waals surface area contributed by atoms with Crippen molar-refractivity contribution in [2.45, 2.75) is 45.6 Å². The van der Waals surface area contributed by atoms with Crippen LogP contribution in [0.25, 0.3) is 0 Å². The van der Waals surface area contributed by atoms with Crippen molar-refractivity contribution in [1.29, 1.82) is 0 Å². The molecule has 0 aliphatic heterocycles. The molecule has 2 rings (SSSR count). The van der Waals surface area contributed by atoms with Crippen LogP contribution in [0.1, 0.15) is 36.9 Å². The molecule has 2 nitrogen and oxygen atoms in total. The Morgan fingerprint density at radius 3 is 3.00 bits per heavy atom. The van der Waals surface area contributed by atoms with Crippen LogP contribution in [0.15, 0.2) is 5.38 Å². The lowest BCUT2D eigenvalue weighted by molar-refractivity contribution is 0.491. The van der Waals surface area contributed by atoms with E-state index in [2.05, 4.69) is 29.5 Å². The fraction of sp³-hybridized carbons (Fsp3) is 0.750. The highest BCUT2D eigenvalue weighted by atomic mass is 32.1. The van der Waals surface area contributed by atoms with Crippen LogP contribution in [-0.4, -0.2) is 17.6 Å². The maximum Gasteiger partial charge on any atom is 0.0940 e. The van der Waals surface area contributed by atoms with E-state index in [-0.39, 0.29) is 0 Å². The summed E-state index contributed by atoms with van der Waals surface area (Å²) >= 11 is 1.78. The van der Waals surface area contributed by atoms with Crippen molar-refractivity contribution in [2.24, 2.45) is 5.92 Å². The summed E-state index contributed by atoms with van der Waals surface area (Å²) in [5, 5.41) is 6.97. The minimum Gasteiger partial charge on any atom is -0.314 e. The molecule has 0 bridgehead atoms. The van der Waals surface area contributed by atoms with Crippen LogP contribution >= 0.6 is 11.3 Å². The molecule has 1 aliphatic carbocycles. The number of nitrogens with one attached hydrogen (secondary N) is 1. The molecule has 84 valence electrons. The highest BCUT2D eigenvalue weighted by Crippen LogP contribution is 2.33. The number of hydrogen-bond donors (Lipinski definition) is 1. The molecule has 1 saturated carbocycles. The van der Waals surface area contributed by atoms with Crippen molar-refractivity contribution < 1.29 is 0 Å². The van der Waals surface area contributed by atoms with Gasteiger partial charge in [0.25, 0.3) is 0 Å². The maximum atomic E-state index is 4.46. The van der Waals surface area contributed by atoms with Crippen LogP contribution in [0.4, 0.5) is 0 Å². The molecule has 1 aromatic rings. The van der Waals surface area contributed by atoms with E-state index in [1.54, 1.807) is 11.3 Å². The minimum atomic E-state index is 0.679. The summed E-state index contributed by atoms with van der Waals surface area (Å²) < 4.78 is 0. The summed E-state index contributed by atoms with van der Waals surface area (Å²) in [4.78, 5) is 4.46. The molecule has 3 heteroatoms. The van der Waals surface area contributed by atoms with Gasteiger partial charge in [-0.2, -0.15) is 0 Å². The van der Waals surface area contributed by atoms with Crippen molar-refractivity contribution in [3.05, 3.63) is 16.1 Å². The van der Waals surface area contributed by atoms with E-state index in [0.29, 0.717) is 6.04 Å². The number of aromatic nitrogens is 1. The van der Waals surface area contributed by atoms with Crippen molar-refractivity contribution in [2.75, 3.05) is 6.54 Å². The van der Waals surface area contributed by atoms with E-state index in [0.717, 1.165) is 24.6 Å². The van der Waals surface area contributed by atoms with Gasteiger partial charge in [-0.15, -0.1) is 11.3 Å². The first-order valence-electron chi connectivity index (χ1n) is 5.88. The van der Waals surface area contributed by atoms with Gasteiger partial charge in [-0.05, 0) is 26.2 Å². The summed E-state index contributed by atoms with van der Waals surface area (Å²) in [6.45, 7) is 5.43. The topological polar surface area (TPSA) is 24.9 Å². The first-order valence-corrected chi connectivity index (χ1v) is 6.76. The van der Waals surface area contributed by atoms with E-state index in [9.17, 15) is 0 Å². The molecule has 0 spiro atoms. The number of thiazole rings is 1. The average molecular weight is 224 g/mol. The summed E-state index contributed by atoms with van der Waals surface area (Å²) in [7, 11) is 0. The first-order chi connectivity index (χ1) is 7.24. The highest BCUT2D eigenvalue weighted by molar-refractivity contribution is 7.09. The predicted octanol–water partition coefficient (Wildman–Crippen LogP) is 2.77. The molecule has 1 unspecified atom stereocenters. The Kier molecular flexibility index (Phi) is 3.76. The second-order valence-corrected chi connectivity index (χ2v) is 5.61. The molecule has 1 atom stereocenters. The Bertz CT molecular complexity index is 304. The van der Waals surface area contributed by atoms with Crippen molar-refractivity contribution >= 4 is 11.3 Å². The molecule has 1 N–H and O–H groups in total. The van der Waals surface area contributed by atoms with Gasteiger partial charge in [-0.25, -0.2) is 4.98 Å². The number of nitrogens with zero attached hydrogens (tertiary/aromatic N) is 1. The molecule has 1 fully saturated rings. The lowest BCUT2D eigenvalue weighted by atomic mass is 10.1. The molecular weight excluding hydrogens is 204 g/mol. The van der Waals surface area contributed by atoms with Crippen molar-refractivity contribution in [3.63, 3.8) is 0 Å². The largest absolute Gasteiger partial charge is 0.314 e. The van der Waals surface area contributed by atoms with Gasteiger partial charge in [0, 0.05) is 30.1 Å². The van der Waals surface area contributed by atoms with Crippen LogP contribution in [0.2, 0.25) is 0 Å². The van der Waals surface area contributed by atoms with Gasteiger partial charge in [0.2, 0.25) is 0 Å². The quantitative estimate of drug-likeness (QED) is 0.803. The van der Waals surface area contributed by atoms with Gasteiger partial charge in [0.05, 0.1) is 5.01 Å². The lowest BCUT2D eigenvalue weighted by Crippen LogP contribution is -2.28. The second-order valence-electron chi connectivity index (χ2n) is 4.67. The smallest absolute Gasteiger partial charge is 0.0940 e. The van der Waals surface area contributed by atoms with Gasteiger partial charge in [0.1, 0.15) is 0 Å². The van der Waals surface area contributed by atoms with E-state index < -0.39 is 0 Å². The Morgan fingerprint density at radius 2 is 2.40 bits per heavy atom. The third-order valence-corrected chi connectivity index (χ3v) is 3.91. The predicted molar refractivity (Wildman–Crippen MR) is 65.4 cm³/mol. The second kappa shape index (κ2) is 5.08. The van der Waals surface area contributed by atoms with Gasteiger partial charge < -0.3 is 5.32 Å². The summed E-state index contributed by atoms with van der Waals surface area (Å²) in [5.74, 6) is 1.02. The fourth-order valence-electron chi connectivity index (χ4n) is 1.88. The maximum absolute atomic E-state index is 4.46. The Hall–Kier alpha value is -0.410. The number of aryl methyl sites for hydroxylation is 1. The van der Waals surface area contributed by atoms with Gasteiger partial charge in [-0.1, -0.05) is 12.8 Å². The third kappa shape index (κ3) is 3.92. The van der Waals surface area contributed by atoms with Gasteiger partial charge in [-0.3, -0.25) is 0 Å². The Balaban J connectivity index is 1.61. The van der Waals surface area contributed by atoms with Crippen molar-refractivity contribution in [1.82, 2.24) is 10.3 Å². The van der Waals surface area contributed by atoms with Crippen LogP contribution in [-0.2, 0) is 6.42 Å². The molecule has 1 aliphatic rings. The van der Waals surface area contributed by atoms with E-state index >= 15 is 0 Å². The fourth-order valence-corrected chi connectivity index (χ4v) is 2.66. The van der Waals surface area contributed by atoms with E-state index in [4.69, 9.17) is 0 Å². The van der Waals surface area contributed by atoms with E-state index in [1.807, 2.05) is 0 Å². The Labute approximate surface area is 96.1 Å². The monoisotopic (exact) mass is 224 g/mol. The molecule has 0 aromatic carbocycles. The van der Waals surface area contributed by atoms with Crippen molar-refractivity contribution in [3.8, 4) is 0 Å². The Morgan fingerprint density at radius 1 is 1.60 bits per heavy atom. The normalized spacial score (nSPS) is 18.0. The number of hydrogen-bond acceptors (Lipinski definition) is 3. The summed E-state index contributed by atoms with van der Waals surface area (Å²) in [6.07, 6.45) is 5.35. The van der Waals surface area contributed by atoms with Crippen LogP contribution in [0, 0.1) is 12.8 Å². The summed E-state index contributed by atoms with van der Waals surface area (Å²) in [6, 6.07) is 0.679. The zero-order valence-corrected chi connectivity index (χ0v) is 10.4. The van der Waals surface area contributed by atoms with Gasteiger partial charge in [0.15, 0.2) is 0 Å². The zero-order chi connectivity index (χ0) is 10.7. The van der Waals surface area contributed by atoms with E-state index in [1.165, 1.54) is 24.3 Å². The number of rotatable bonds is 6. The van der Waals surface area contributed by atoms with Crippen LogP contribution in [0.5, 0.6) is 0 Å². The standard InChI is InChI=1S/C12H20N2S/c1-9(7-11-3-4-11)13-6-5-12-14-10(2)8-15-12/h8-9,11,13H,3-7H2,1-2H3. The third-order valence-electron chi connectivity index (χ3n) is 2.88. The molecule has 1 aromatic heterocycles. The van der Waals surface area contributed by atoms with Crippen LogP contribution in [0.3, 0.4) is 0 Å². The molecular formula is C12H20N2S. The SMILES string of the molecule is Cc1csc(CCNC(C)CC2CC2)n1. The zero-order valence-electron chi connectivity index (χ0n) is 9.62. The first kappa shape index (κ1) is 11.1. The molecule has 1 heterocycles. The highest BCUT2D eigenvalue weighted by Gasteiger charge is 2.23. The molecule has 0 radical (unpaired) electrons. The minimum absolute atomic E-state index is 0.679. The molecule has 0 amide bonds. The lowest BCUT2D eigenvalue weighted by Gasteiger charge is -2.12. The molecule has 0 saturated heterocycles.